The van der Waals surface area contributed by atoms with E-state index >= 15 is 0 Å². The maximum Gasteiger partial charge on any atom is 0.336 e. The molecular formula is C12H15IO2. The number of benzene rings is 1. The van der Waals surface area contributed by atoms with Gasteiger partial charge in [0.25, 0.3) is 0 Å². The molecule has 0 aliphatic rings. The molecule has 0 unspecified atom stereocenters. The molecule has 0 heterocycles. The van der Waals surface area contributed by atoms with Crippen LogP contribution in [-0.2, 0) is 0 Å². The fourth-order valence-corrected chi connectivity index (χ4v) is 2.53. The maximum absolute atomic E-state index is 11.1. The van der Waals surface area contributed by atoms with E-state index in [4.69, 9.17) is 5.11 Å². The number of carbonyl (C=O) groups is 1. The molecule has 0 aromatic heterocycles. The molecule has 0 aliphatic carbocycles. The lowest BCUT2D eigenvalue weighted by atomic mass is 9.90. The monoisotopic (exact) mass is 318 g/mol. The fourth-order valence-electron chi connectivity index (χ4n) is 1.82. The lowest BCUT2D eigenvalue weighted by Gasteiger charge is -2.16. The molecule has 0 amide bonds. The Bertz CT molecular complexity index is 409. The number of halogens is 1. The van der Waals surface area contributed by atoms with Crippen molar-refractivity contribution in [2.75, 3.05) is 0 Å². The number of carboxylic acid groups (broad SMARTS) is 1. The second-order valence-corrected chi connectivity index (χ2v) is 5.19. The summed E-state index contributed by atoms with van der Waals surface area (Å²) in [5.74, 6) is -0.591. The Balaban J connectivity index is 3.58. The summed E-state index contributed by atoms with van der Waals surface area (Å²) in [4.78, 5) is 11.1. The molecule has 15 heavy (non-hydrogen) atoms. The lowest BCUT2D eigenvalue weighted by molar-refractivity contribution is 0.0695. The van der Waals surface area contributed by atoms with Crippen LogP contribution >= 0.6 is 22.6 Å². The molecule has 0 atom stereocenters. The van der Waals surface area contributed by atoms with Gasteiger partial charge in [-0.2, -0.15) is 0 Å². The van der Waals surface area contributed by atoms with Crippen molar-refractivity contribution in [3.8, 4) is 0 Å². The van der Waals surface area contributed by atoms with Crippen LogP contribution in [-0.4, -0.2) is 11.1 Å². The molecule has 0 saturated carbocycles. The predicted octanol–water partition coefficient (Wildman–Crippen LogP) is 3.73. The fraction of sp³-hybridized carbons (Fsp3) is 0.417. The van der Waals surface area contributed by atoms with Crippen molar-refractivity contribution in [1.29, 1.82) is 0 Å². The minimum absolute atomic E-state index is 0.242. The highest BCUT2D eigenvalue weighted by Gasteiger charge is 2.18. The van der Waals surface area contributed by atoms with Crippen LogP contribution in [0.5, 0.6) is 0 Å². The zero-order valence-corrected chi connectivity index (χ0v) is 11.5. The summed E-state index contributed by atoms with van der Waals surface area (Å²) in [6, 6.07) is 1.76. The van der Waals surface area contributed by atoms with Crippen LogP contribution in [0.1, 0.15) is 46.8 Å². The molecule has 0 bridgehead atoms. The number of aromatic carboxylic acids is 1. The van der Waals surface area contributed by atoms with E-state index in [1.54, 1.807) is 6.07 Å². The maximum atomic E-state index is 11.1. The Hall–Kier alpha value is -0.580. The van der Waals surface area contributed by atoms with Crippen LogP contribution < -0.4 is 0 Å². The Morgan fingerprint density at radius 1 is 1.33 bits per heavy atom. The number of rotatable bonds is 2. The minimum atomic E-state index is -0.834. The predicted molar refractivity (Wildman–Crippen MR) is 69.7 cm³/mol. The average Bonchev–Trinajstić information content (AvgIpc) is 2.12. The zero-order valence-electron chi connectivity index (χ0n) is 9.39. The van der Waals surface area contributed by atoms with Gasteiger partial charge in [-0.15, -0.1) is 0 Å². The van der Waals surface area contributed by atoms with E-state index in [0.717, 1.165) is 14.7 Å². The van der Waals surface area contributed by atoms with Crippen LogP contribution in [0.3, 0.4) is 0 Å². The molecule has 0 saturated heterocycles. The van der Waals surface area contributed by atoms with Crippen molar-refractivity contribution >= 4 is 28.6 Å². The van der Waals surface area contributed by atoms with E-state index in [0.29, 0.717) is 5.56 Å². The first kappa shape index (κ1) is 12.5. The highest BCUT2D eigenvalue weighted by Crippen LogP contribution is 2.29. The highest BCUT2D eigenvalue weighted by molar-refractivity contribution is 14.1. The van der Waals surface area contributed by atoms with Gasteiger partial charge >= 0.3 is 5.97 Å². The van der Waals surface area contributed by atoms with Gasteiger partial charge in [0.05, 0.1) is 5.56 Å². The molecule has 1 aromatic rings. The van der Waals surface area contributed by atoms with Crippen molar-refractivity contribution in [3.63, 3.8) is 0 Å². The first-order chi connectivity index (χ1) is 6.86. The van der Waals surface area contributed by atoms with E-state index in [1.807, 2.05) is 27.7 Å². The van der Waals surface area contributed by atoms with Gasteiger partial charge in [-0.1, -0.05) is 13.8 Å². The largest absolute Gasteiger partial charge is 0.478 e. The van der Waals surface area contributed by atoms with Gasteiger partial charge in [0, 0.05) is 3.57 Å². The van der Waals surface area contributed by atoms with Gasteiger partial charge in [0.1, 0.15) is 0 Å². The van der Waals surface area contributed by atoms with E-state index in [2.05, 4.69) is 22.6 Å². The van der Waals surface area contributed by atoms with Gasteiger partial charge in [-0.3, -0.25) is 0 Å². The van der Waals surface area contributed by atoms with Gasteiger partial charge in [-0.05, 0) is 65.1 Å². The Morgan fingerprint density at radius 3 is 2.27 bits per heavy atom. The van der Waals surface area contributed by atoms with Gasteiger partial charge < -0.3 is 5.11 Å². The van der Waals surface area contributed by atoms with E-state index in [1.165, 1.54) is 5.56 Å². The molecule has 0 fully saturated rings. The van der Waals surface area contributed by atoms with E-state index in [-0.39, 0.29) is 5.92 Å². The van der Waals surface area contributed by atoms with Gasteiger partial charge in [0.15, 0.2) is 0 Å². The molecule has 3 heteroatoms. The minimum Gasteiger partial charge on any atom is -0.478 e. The van der Waals surface area contributed by atoms with Crippen LogP contribution in [0.25, 0.3) is 0 Å². The zero-order chi connectivity index (χ0) is 11.7. The number of hydrogen-bond acceptors (Lipinski definition) is 1. The summed E-state index contributed by atoms with van der Waals surface area (Å²) in [5.41, 5.74) is 3.69. The van der Waals surface area contributed by atoms with Crippen molar-refractivity contribution in [1.82, 2.24) is 0 Å². The lowest BCUT2D eigenvalue weighted by Crippen LogP contribution is -2.08. The molecule has 0 spiro atoms. The van der Waals surface area contributed by atoms with Crippen molar-refractivity contribution in [3.05, 3.63) is 31.9 Å². The first-order valence-electron chi connectivity index (χ1n) is 4.89. The third-order valence-electron chi connectivity index (χ3n) is 2.69. The van der Waals surface area contributed by atoms with Crippen molar-refractivity contribution in [2.45, 2.75) is 33.6 Å². The highest BCUT2D eigenvalue weighted by atomic mass is 127. The quantitative estimate of drug-likeness (QED) is 0.844. The summed E-state index contributed by atoms with van der Waals surface area (Å²) in [6.45, 7) is 8.09. The van der Waals surface area contributed by atoms with Crippen LogP contribution in [0, 0.1) is 17.4 Å². The molecule has 2 nitrogen and oxygen atoms in total. The second-order valence-electron chi connectivity index (χ2n) is 4.03. The van der Waals surface area contributed by atoms with Crippen LogP contribution in [0.4, 0.5) is 0 Å². The Morgan fingerprint density at radius 2 is 1.87 bits per heavy atom. The van der Waals surface area contributed by atoms with Gasteiger partial charge in [0.2, 0.25) is 0 Å². The van der Waals surface area contributed by atoms with Gasteiger partial charge in [-0.25, -0.2) is 4.79 Å². The number of carboxylic acids is 1. The Kier molecular flexibility index (Phi) is 3.76. The topological polar surface area (TPSA) is 37.3 Å². The Labute approximate surface area is 104 Å². The molecule has 1 rings (SSSR count). The second kappa shape index (κ2) is 4.51. The third-order valence-corrected chi connectivity index (χ3v) is 3.81. The SMILES string of the molecule is Cc1c(I)cc(C(=O)O)c(C(C)C)c1C. The summed E-state index contributed by atoms with van der Waals surface area (Å²) in [7, 11) is 0. The summed E-state index contributed by atoms with van der Waals surface area (Å²) >= 11 is 2.19. The van der Waals surface area contributed by atoms with Crippen molar-refractivity contribution < 1.29 is 9.90 Å². The summed E-state index contributed by atoms with van der Waals surface area (Å²) in [6.07, 6.45) is 0. The molecule has 0 aliphatic heterocycles. The van der Waals surface area contributed by atoms with E-state index in [9.17, 15) is 4.79 Å². The molecule has 1 N–H and O–H groups in total. The van der Waals surface area contributed by atoms with Crippen molar-refractivity contribution in [2.24, 2.45) is 0 Å². The molecule has 0 radical (unpaired) electrons. The van der Waals surface area contributed by atoms with Crippen LogP contribution in [0.15, 0.2) is 6.07 Å². The summed E-state index contributed by atoms with van der Waals surface area (Å²) in [5, 5.41) is 9.15. The first-order valence-corrected chi connectivity index (χ1v) is 5.97. The third kappa shape index (κ3) is 2.33. The van der Waals surface area contributed by atoms with Crippen LogP contribution in [0.2, 0.25) is 0 Å². The summed E-state index contributed by atoms with van der Waals surface area (Å²) < 4.78 is 1.02. The molecule has 82 valence electrons. The van der Waals surface area contributed by atoms with E-state index < -0.39 is 5.97 Å². The normalized spacial score (nSPS) is 10.8. The smallest absolute Gasteiger partial charge is 0.336 e. The number of hydrogen-bond donors (Lipinski definition) is 1. The standard InChI is InChI=1S/C12H15IO2/c1-6(2)11-8(4)7(3)10(13)5-9(11)12(14)15/h5-6H,1-4H3,(H,14,15). The average molecular weight is 318 g/mol. The molecule has 1 aromatic carbocycles. The molecular weight excluding hydrogens is 303 g/mol.